The van der Waals surface area contributed by atoms with Gasteiger partial charge < -0.3 is 5.32 Å². The van der Waals surface area contributed by atoms with E-state index in [4.69, 9.17) is 0 Å². The molecule has 0 aromatic heterocycles. The van der Waals surface area contributed by atoms with E-state index in [-0.39, 0.29) is 12.4 Å². The Kier molecular flexibility index (Phi) is 5.40. The molecule has 1 N–H and O–H groups in total. The van der Waals surface area contributed by atoms with Crippen LogP contribution in [0.25, 0.3) is 0 Å². The molecule has 2 heteroatoms. The third-order valence-electron chi connectivity index (χ3n) is 5.65. The molecule has 0 spiro atoms. The van der Waals surface area contributed by atoms with E-state index in [2.05, 4.69) is 59.9 Å². The Balaban J connectivity index is 0.00000156. The second-order valence-electron chi connectivity index (χ2n) is 6.98. The summed E-state index contributed by atoms with van der Waals surface area (Å²) >= 11 is 0. The number of hydrogen-bond acceptors (Lipinski definition) is 1. The Morgan fingerprint density at radius 3 is 2.52 bits per heavy atom. The quantitative estimate of drug-likeness (QED) is 0.839. The van der Waals surface area contributed by atoms with E-state index in [0.717, 1.165) is 18.4 Å². The minimum atomic E-state index is 0. The number of fused-ring (bicyclic) bond motifs is 3. The topological polar surface area (TPSA) is 12.0 Å². The van der Waals surface area contributed by atoms with Crippen LogP contribution in [0.15, 0.2) is 54.6 Å². The zero-order valence-electron chi connectivity index (χ0n) is 13.6. The standard InChI is InChI=1S/C21H25N.ClH/c1-2-6-16(7-3-1)14-19-13-12-18-11-10-17-8-4-5-9-20(17)21(18)15-22-19;/h1-9,18-19,21-22H,10-15H2;1H/t18-,19?,21+;/m1./s1. The average molecular weight is 328 g/mol. The molecule has 3 atom stereocenters. The molecule has 122 valence electrons. The van der Waals surface area contributed by atoms with Crippen LogP contribution in [0.5, 0.6) is 0 Å². The summed E-state index contributed by atoms with van der Waals surface area (Å²) in [6.07, 6.45) is 6.52. The summed E-state index contributed by atoms with van der Waals surface area (Å²) in [5.74, 6) is 1.61. The molecular formula is C21H26ClN. The molecule has 1 heterocycles. The molecule has 1 unspecified atom stereocenters. The first kappa shape index (κ1) is 16.5. The van der Waals surface area contributed by atoms with Crippen LogP contribution in [0.4, 0.5) is 0 Å². The number of aryl methyl sites for hydroxylation is 1. The second kappa shape index (κ2) is 7.51. The number of rotatable bonds is 2. The number of nitrogens with one attached hydrogen (secondary N) is 1. The van der Waals surface area contributed by atoms with Crippen LogP contribution < -0.4 is 5.32 Å². The van der Waals surface area contributed by atoms with E-state index in [9.17, 15) is 0 Å². The van der Waals surface area contributed by atoms with Gasteiger partial charge in [-0.1, -0.05) is 54.6 Å². The molecule has 0 radical (unpaired) electrons. The maximum Gasteiger partial charge on any atom is 0.0108 e. The fourth-order valence-corrected chi connectivity index (χ4v) is 4.43. The van der Waals surface area contributed by atoms with Crippen molar-refractivity contribution in [3.05, 3.63) is 71.3 Å². The highest BCUT2D eigenvalue weighted by atomic mass is 35.5. The third kappa shape index (κ3) is 3.62. The molecule has 0 amide bonds. The Labute approximate surface area is 145 Å². The minimum absolute atomic E-state index is 0. The van der Waals surface area contributed by atoms with Crippen molar-refractivity contribution in [3.8, 4) is 0 Å². The summed E-state index contributed by atoms with van der Waals surface area (Å²) in [5, 5.41) is 3.87. The maximum absolute atomic E-state index is 3.87. The monoisotopic (exact) mass is 327 g/mol. The average Bonchev–Trinajstić information content (AvgIpc) is 2.79. The lowest BCUT2D eigenvalue weighted by Crippen LogP contribution is -2.33. The van der Waals surface area contributed by atoms with Gasteiger partial charge in [-0.2, -0.15) is 0 Å². The molecule has 4 rings (SSSR count). The highest BCUT2D eigenvalue weighted by Gasteiger charge is 2.32. The van der Waals surface area contributed by atoms with E-state index >= 15 is 0 Å². The van der Waals surface area contributed by atoms with Gasteiger partial charge in [-0.15, -0.1) is 12.4 Å². The van der Waals surface area contributed by atoms with E-state index in [1.165, 1.54) is 37.7 Å². The summed E-state index contributed by atoms with van der Waals surface area (Å²) in [7, 11) is 0. The van der Waals surface area contributed by atoms with E-state index < -0.39 is 0 Å². The fourth-order valence-electron chi connectivity index (χ4n) is 4.43. The molecule has 2 aliphatic rings. The lowest BCUT2D eigenvalue weighted by molar-refractivity contribution is 0.363. The van der Waals surface area contributed by atoms with E-state index in [1.807, 2.05) is 0 Å². The van der Waals surface area contributed by atoms with E-state index in [0.29, 0.717) is 6.04 Å². The molecule has 2 aromatic carbocycles. The van der Waals surface area contributed by atoms with Crippen LogP contribution in [0, 0.1) is 5.92 Å². The van der Waals surface area contributed by atoms with Gasteiger partial charge in [-0.05, 0) is 60.6 Å². The first-order valence-electron chi connectivity index (χ1n) is 8.75. The lowest BCUT2D eigenvalue weighted by Gasteiger charge is -2.32. The van der Waals surface area contributed by atoms with Crippen LogP contribution in [0.1, 0.15) is 41.9 Å². The molecule has 1 nitrogen and oxygen atoms in total. The molecule has 1 aliphatic carbocycles. The van der Waals surface area contributed by atoms with Crippen LogP contribution in [-0.2, 0) is 12.8 Å². The highest BCUT2D eigenvalue weighted by Crippen LogP contribution is 2.40. The van der Waals surface area contributed by atoms with Crippen molar-refractivity contribution in [2.75, 3.05) is 6.54 Å². The van der Waals surface area contributed by atoms with Gasteiger partial charge in [-0.3, -0.25) is 0 Å². The molecule has 1 fully saturated rings. The fraction of sp³-hybridized carbons (Fsp3) is 0.429. The molecule has 23 heavy (non-hydrogen) atoms. The largest absolute Gasteiger partial charge is 0.313 e. The summed E-state index contributed by atoms with van der Waals surface area (Å²) < 4.78 is 0. The normalized spacial score (nSPS) is 26.3. The van der Waals surface area contributed by atoms with Gasteiger partial charge in [0.25, 0.3) is 0 Å². The van der Waals surface area contributed by atoms with Crippen LogP contribution in [0.3, 0.4) is 0 Å². The summed E-state index contributed by atoms with van der Waals surface area (Å²) in [6.45, 7) is 1.15. The van der Waals surface area contributed by atoms with Crippen LogP contribution in [0.2, 0.25) is 0 Å². The van der Waals surface area contributed by atoms with Crippen molar-refractivity contribution < 1.29 is 0 Å². The second-order valence-corrected chi connectivity index (χ2v) is 6.98. The molecule has 0 bridgehead atoms. The van der Waals surface area contributed by atoms with Gasteiger partial charge >= 0.3 is 0 Å². The lowest BCUT2D eigenvalue weighted by atomic mass is 9.74. The smallest absolute Gasteiger partial charge is 0.0108 e. The molecule has 2 aromatic rings. The third-order valence-corrected chi connectivity index (χ3v) is 5.65. The first-order chi connectivity index (χ1) is 10.9. The van der Waals surface area contributed by atoms with Crippen molar-refractivity contribution in [2.24, 2.45) is 5.92 Å². The predicted octanol–water partition coefficient (Wildman–Crippen LogP) is 4.75. The van der Waals surface area contributed by atoms with Gasteiger partial charge in [-0.25, -0.2) is 0 Å². The van der Waals surface area contributed by atoms with Crippen molar-refractivity contribution in [3.63, 3.8) is 0 Å². The predicted molar refractivity (Wildman–Crippen MR) is 99.4 cm³/mol. The van der Waals surface area contributed by atoms with Gasteiger partial charge in [0, 0.05) is 12.6 Å². The Morgan fingerprint density at radius 1 is 0.870 bits per heavy atom. The summed E-state index contributed by atoms with van der Waals surface area (Å²) in [6, 6.07) is 20.7. The van der Waals surface area contributed by atoms with Gasteiger partial charge in [0.1, 0.15) is 0 Å². The Morgan fingerprint density at radius 2 is 1.65 bits per heavy atom. The Hall–Kier alpha value is -1.31. The van der Waals surface area contributed by atoms with Crippen LogP contribution in [-0.4, -0.2) is 12.6 Å². The Bertz CT molecular complexity index is 625. The van der Waals surface area contributed by atoms with Gasteiger partial charge in [0.15, 0.2) is 0 Å². The van der Waals surface area contributed by atoms with Crippen molar-refractivity contribution >= 4 is 12.4 Å². The minimum Gasteiger partial charge on any atom is -0.313 e. The molecule has 0 saturated carbocycles. The molecule has 1 saturated heterocycles. The van der Waals surface area contributed by atoms with Gasteiger partial charge in [0.2, 0.25) is 0 Å². The van der Waals surface area contributed by atoms with E-state index in [1.54, 1.807) is 11.1 Å². The number of halogens is 1. The van der Waals surface area contributed by atoms with Crippen molar-refractivity contribution in [1.82, 2.24) is 5.32 Å². The number of benzene rings is 2. The molecular weight excluding hydrogens is 302 g/mol. The zero-order valence-corrected chi connectivity index (χ0v) is 14.4. The van der Waals surface area contributed by atoms with Gasteiger partial charge in [0.05, 0.1) is 0 Å². The zero-order chi connectivity index (χ0) is 14.8. The SMILES string of the molecule is Cl.c1ccc(CC2CC[C@H]3CCc4ccccc4[C@H]3CN2)cc1. The summed E-state index contributed by atoms with van der Waals surface area (Å²) in [5.41, 5.74) is 4.67. The van der Waals surface area contributed by atoms with Crippen molar-refractivity contribution in [2.45, 2.75) is 44.1 Å². The van der Waals surface area contributed by atoms with Crippen LogP contribution >= 0.6 is 12.4 Å². The first-order valence-corrected chi connectivity index (χ1v) is 8.75. The highest BCUT2D eigenvalue weighted by molar-refractivity contribution is 5.85. The van der Waals surface area contributed by atoms with Crippen molar-refractivity contribution in [1.29, 1.82) is 0 Å². The number of hydrogen-bond donors (Lipinski definition) is 1. The summed E-state index contributed by atoms with van der Waals surface area (Å²) in [4.78, 5) is 0. The maximum atomic E-state index is 3.87. The molecule has 1 aliphatic heterocycles.